The van der Waals surface area contributed by atoms with E-state index < -0.39 is 11.8 Å². The zero-order valence-corrected chi connectivity index (χ0v) is 16.6. The molecule has 1 unspecified atom stereocenters. The maximum absolute atomic E-state index is 14.7. The van der Waals surface area contributed by atoms with Gasteiger partial charge in [-0.3, -0.25) is 10.2 Å². The molecule has 8 heteroatoms. The maximum atomic E-state index is 14.7. The van der Waals surface area contributed by atoms with Crippen molar-refractivity contribution in [2.75, 3.05) is 21.3 Å². The van der Waals surface area contributed by atoms with E-state index in [1.807, 2.05) is 6.07 Å². The van der Waals surface area contributed by atoms with Gasteiger partial charge < -0.3 is 9.47 Å². The molecule has 0 spiro atoms. The normalized spacial score (nSPS) is 16.1. The molecule has 1 N–H and O–H groups in total. The predicted molar refractivity (Wildman–Crippen MR) is 101 cm³/mol. The number of alkyl halides is 3. The lowest BCUT2D eigenvalue weighted by Crippen LogP contribution is -2.62. The van der Waals surface area contributed by atoms with Crippen LogP contribution in [-0.4, -0.2) is 32.3 Å². The molecule has 5 nitrogen and oxygen atoms in total. The molecule has 2 aromatic carbocycles. The van der Waals surface area contributed by atoms with Gasteiger partial charge in [0, 0.05) is 13.1 Å². The van der Waals surface area contributed by atoms with Crippen LogP contribution in [0.2, 0.25) is 0 Å². The topological polar surface area (TPSA) is 57.5 Å². The Morgan fingerprint density at radius 1 is 1.03 bits per heavy atom. The lowest BCUT2D eigenvalue weighted by atomic mass is 9.93. The Kier molecular flexibility index (Phi) is 5.48. The maximum Gasteiger partial charge on any atom is 0.424 e. The molecule has 0 amide bonds. The summed E-state index contributed by atoms with van der Waals surface area (Å²) in [7, 11) is 3.95. The first-order valence-electron chi connectivity index (χ1n) is 8.97. The Morgan fingerprint density at radius 3 is 2.10 bits per heavy atom. The summed E-state index contributed by atoms with van der Waals surface area (Å²) in [6.45, 7) is 1.84. The summed E-state index contributed by atoms with van der Waals surface area (Å²) in [4.78, 5) is 1.30. The van der Waals surface area contributed by atoms with Gasteiger partial charge in [-0.15, -0.1) is 0 Å². The Balaban J connectivity index is 2.24. The van der Waals surface area contributed by atoms with Crippen molar-refractivity contribution in [3.63, 3.8) is 0 Å². The zero-order chi connectivity index (χ0) is 21.4. The number of ether oxygens (including phenoxy) is 2. The molecule has 1 aliphatic rings. The first-order valence-corrected chi connectivity index (χ1v) is 8.97. The molecular formula is C21H22F3N3O2. The van der Waals surface area contributed by atoms with Gasteiger partial charge in [0.1, 0.15) is 11.5 Å². The SMILES string of the molecule is CNC(c1c(OC)cc(C)cc1OC)(N1Cc2ccc(C#N)cc2C1)C(F)(F)F. The van der Waals surface area contributed by atoms with Gasteiger partial charge in [-0.25, -0.2) is 0 Å². The lowest BCUT2D eigenvalue weighted by molar-refractivity contribution is -0.252. The van der Waals surface area contributed by atoms with Crippen LogP contribution in [0.5, 0.6) is 11.5 Å². The number of fused-ring (bicyclic) bond motifs is 1. The van der Waals surface area contributed by atoms with Crippen LogP contribution in [0, 0.1) is 18.3 Å². The molecule has 0 fully saturated rings. The molecule has 1 heterocycles. The van der Waals surface area contributed by atoms with Gasteiger partial charge in [-0.2, -0.15) is 18.4 Å². The highest BCUT2D eigenvalue weighted by molar-refractivity contribution is 5.53. The van der Waals surface area contributed by atoms with Gasteiger partial charge in [0.2, 0.25) is 5.66 Å². The fraction of sp³-hybridized carbons (Fsp3) is 0.381. The molecule has 0 aromatic heterocycles. The molecular weight excluding hydrogens is 383 g/mol. The van der Waals surface area contributed by atoms with E-state index in [0.717, 1.165) is 11.1 Å². The Hall–Kier alpha value is -2.76. The molecule has 0 saturated heterocycles. The number of hydrogen-bond donors (Lipinski definition) is 1. The number of halogens is 3. The zero-order valence-electron chi connectivity index (χ0n) is 16.6. The van der Waals surface area contributed by atoms with Crippen LogP contribution in [0.15, 0.2) is 30.3 Å². The monoisotopic (exact) mass is 405 g/mol. The average Bonchev–Trinajstić information content (AvgIpc) is 3.11. The summed E-state index contributed by atoms with van der Waals surface area (Å²) in [5.74, 6) is 0.171. The van der Waals surface area contributed by atoms with Crippen LogP contribution in [0.25, 0.3) is 0 Å². The summed E-state index contributed by atoms with van der Waals surface area (Å²) >= 11 is 0. The predicted octanol–water partition coefficient (Wildman–Crippen LogP) is 3.83. The average molecular weight is 405 g/mol. The smallest absolute Gasteiger partial charge is 0.424 e. The molecule has 0 aliphatic carbocycles. The minimum atomic E-state index is -4.70. The second-order valence-corrected chi connectivity index (χ2v) is 6.95. The third-order valence-corrected chi connectivity index (χ3v) is 5.32. The van der Waals surface area contributed by atoms with Crippen LogP contribution >= 0.6 is 0 Å². The first kappa shape index (κ1) is 21.0. The summed E-state index contributed by atoms with van der Waals surface area (Å²) < 4.78 is 55.0. The van der Waals surface area contributed by atoms with Crippen molar-refractivity contribution in [3.8, 4) is 17.6 Å². The fourth-order valence-corrected chi connectivity index (χ4v) is 4.00. The van der Waals surface area contributed by atoms with Crippen molar-refractivity contribution in [3.05, 3.63) is 58.1 Å². The first-order chi connectivity index (χ1) is 13.7. The third kappa shape index (κ3) is 3.30. The summed E-state index contributed by atoms with van der Waals surface area (Å²) in [5.41, 5.74) is -0.105. The Morgan fingerprint density at radius 2 is 1.62 bits per heavy atom. The van der Waals surface area contributed by atoms with Gasteiger partial charge >= 0.3 is 6.18 Å². The highest BCUT2D eigenvalue weighted by Gasteiger charge is 2.62. The van der Waals surface area contributed by atoms with E-state index >= 15 is 0 Å². The molecule has 154 valence electrons. The number of aryl methyl sites for hydroxylation is 1. The summed E-state index contributed by atoms with van der Waals surface area (Å²) in [6.07, 6.45) is -4.70. The van der Waals surface area contributed by atoms with Crippen molar-refractivity contribution < 1.29 is 22.6 Å². The van der Waals surface area contributed by atoms with E-state index in [0.29, 0.717) is 11.1 Å². The number of nitriles is 1. The van der Waals surface area contributed by atoms with Gasteiger partial charge in [0.05, 0.1) is 31.4 Å². The van der Waals surface area contributed by atoms with Gasteiger partial charge in [0.15, 0.2) is 0 Å². The van der Waals surface area contributed by atoms with E-state index in [1.165, 1.54) is 26.2 Å². The minimum Gasteiger partial charge on any atom is -0.496 e. The molecule has 2 aromatic rings. The standard InChI is InChI=1S/C21H22F3N3O2/c1-13-7-17(28-3)19(18(8-13)29-4)20(26-2,21(22,23)24)27-11-15-6-5-14(10-25)9-16(15)12-27/h5-9,26H,11-12H2,1-4H3. The summed E-state index contributed by atoms with van der Waals surface area (Å²) in [6, 6.07) is 10.1. The van der Waals surface area contributed by atoms with Crippen LogP contribution in [0.3, 0.4) is 0 Å². The Bertz CT molecular complexity index is 944. The van der Waals surface area contributed by atoms with Crippen LogP contribution in [0.1, 0.15) is 27.8 Å². The second-order valence-electron chi connectivity index (χ2n) is 6.95. The molecule has 0 bridgehead atoms. The third-order valence-electron chi connectivity index (χ3n) is 5.32. The number of benzene rings is 2. The van der Waals surface area contributed by atoms with Crippen molar-refractivity contribution in [1.82, 2.24) is 10.2 Å². The van der Waals surface area contributed by atoms with Crippen LogP contribution < -0.4 is 14.8 Å². The quantitative estimate of drug-likeness (QED) is 0.819. The van der Waals surface area contributed by atoms with Crippen molar-refractivity contribution in [1.29, 1.82) is 5.26 Å². The molecule has 1 aliphatic heterocycles. The highest BCUT2D eigenvalue weighted by atomic mass is 19.4. The van der Waals surface area contributed by atoms with Gasteiger partial charge in [0.25, 0.3) is 0 Å². The van der Waals surface area contributed by atoms with E-state index in [2.05, 4.69) is 5.32 Å². The summed E-state index contributed by atoms with van der Waals surface area (Å²) in [5, 5.41) is 11.6. The van der Waals surface area contributed by atoms with Crippen molar-refractivity contribution in [2.45, 2.75) is 31.9 Å². The molecule has 0 radical (unpaired) electrons. The molecule has 0 saturated carbocycles. The largest absolute Gasteiger partial charge is 0.496 e. The van der Waals surface area contributed by atoms with E-state index in [1.54, 1.807) is 37.3 Å². The fourth-order valence-electron chi connectivity index (χ4n) is 4.00. The molecule has 3 rings (SSSR count). The molecule has 1 atom stereocenters. The Labute approximate surface area is 167 Å². The number of hydrogen-bond acceptors (Lipinski definition) is 5. The number of nitrogens with zero attached hydrogens (tertiary/aromatic N) is 2. The van der Waals surface area contributed by atoms with Crippen molar-refractivity contribution in [2.24, 2.45) is 0 Å². The number of methoxy groups -OCH3 is 2. The van der Waals surface area contributed by atoms with Gasteiger partial charge in [-0.05, 0) is 54.9 Å². The lowest BCUT2D eigenvalue weighted by Gasteiger charge is -2.44. The van der Waals surface area contributed by atoms with Gasteiger partial charge in [-0.1, -0.05) is 6.07 Å². The van der Waals surface area contributed by atoms with Crippen LogP contribution in [0.4, 0.5) is 13.2 Å². The highest BCUT2D eigenvalue weighted by Crippen LogP contribution is 2.51. The number of nitrogens with one attached hydrogen (secondary N) is 1. The van der Waals surface area contributed by atoms with Crippen LogP contribution in [-0.2, 0) is 18.8 Å². The van der Waals surface area contributed by atoms with E-state index in [9.17, 15) is 13.2 Å². The number of rotatable bonds is 5. The second kappa shape index (κ2) is 7.58. The molecule has 29 heavy (non-hydrogen) atoms. The minimum absolute atomic E-state index is 0.0192. The van der Waals surface area contributed by atoms with E-state index in [4.69, 9.17) is 14.7 Å². The van der Waals surface area contributed by atoms with E-state index in [-0.39, 0.29) is 30.2 Å². The van der Waals surface area contributed by atoms with Crippen molar-refractivity contribution >= 4 is 0 Å².